The summed E-state index contributed by atoms with van der Waals surface area (Å²) in [7, 11) is 3.40. The number of fused-ring (bicyclic) bond motifs is 3. The molecule has 1 aromatic carbocycles. The Morgan fingerprint density at radius 1 is 1.09 bits per heavy atom. The summed E-state index contributed by atoms with van der Waals surface area (Å²) >= 11 is 0. The Kier molecular flexibility index (Phi) is 8.18. The summed E-state index contributed by atoms with van der Waals surface area (Å²) in [5, 5.41) is 3.94. The highest BCUT2D eigenvalue weighted by Gasteiger charge is 2.31. The number of hydrogen-bond donors (Lipinski definition) is 2. The van der Waals surface area contributed by atoms with E-state index in [-0.39, 0.29) is 35.6 Å². The zero-order chi connectivity index (χ0) is 32.8. The van der Waals surface area contributed by atoms with Gasteiger partial charge in [-0.15, -0.1) is 0 Å². The first-order chi connectivity index (χ1) is 22.7. The van der Waals surface area contributed by atoms with Crippen molar-refractivity contribution < 1.29 is 18.7 Å². The summed E-state index contributed by atoms with van der Waals surface area (Å²) in [6, 6.07) is 8.16. The quantitative estimate of drug-likeness (QED) is 0.302. The number of imidazole rings is 1. The minimum absolute atomic E-state index is 0.112. The molecule has 7 rings (SSSR count). The van der Waals surface area contributed by atoms with Crippen LogP contribution in [-0.2, 0) is 24.8 Å². The van der Waals surface area contributed by atoms with Gasteiger partial charge in [-0.05, 0) is 62.9 Å². The van der Waals surface area contributed by atoms with Gasteiger partial charge in [-0.2, -0.15) is 0 Å². The van der Waals surface area contributed by atoms with E-state index in [0.29, 0.717) is 66.4 Å². The van der Waals surface area contributed by atoms with Gasteiger partial charge in [0.05, 0.1) is 34.7 Å². The van der Waals surface area contributed by atoms with Gasteiger partial charge in [-0.1, -0.05) is 6.42 Å². The first-order valence-corrected chi connectivity index (χ1v) is 16.1. The molecule has 2 aliphatic rings. The highest BCUT2D eigenvalue weighted by Crippen LogP contribution is 2.32. The Morgan fingerprint density at radius 2 is 1.91 bits per heavy atom. The number of carbonyl (C=O) groups excluding carboxylic acids is 2. The fourth-order valence-electron chi connectivity index (χ4n) is 6.88. The van der Waals surface area contributed by atoms with E-state index in [2.05, 4.69) is 19.9 Å². The maximum Gasteiger partial charge on any atom is 0.272 e. The third kappa shape index (κ3) is 5.63. The van der Waals surface area contributed by atoms with E-state index in [1.807, 2.05) is 25.1 Å². The summed E-state index contributed by atoms with van der Waals surface area (Å²) in [6.45, 7) is 3.37. The number of methoxy groups -OCH3 is 1. The smallest absolute Gasteiger partial charge is 0.272 e. The molecule has 244 valence electrons. The number of rotatable bonds is 3. The van der Waals surface area contributed by atoms with Gasteiger partial charge >= 0.3 is 0 Å². The van der Waals surface area contributed by atoms with Gasteiger partial charge < -0.3 is 29.8 Å². The second-order valence-corrected chi connectivity index (χ2v) is 12.5. The van der Waals surface area contributed by atoms with E-state index in [1.165, 1.54) is 6.07 Å². The van der Waals surface area contributed by atoms with E-state index in [0.717, 1.165) is 36.0 Å². The molecule has 4 aromatic heterocycles. The molecule has 0 radical (unpaired) electrons. The first-order valence-electron chi connectivity index (χ1n) is 16.1. The topological polar surface area (TPSA) is 146 Å². The number of ether oxygens (including phenoxy) is 1. The van der Waals surface area contributed by atoms with Crippen LogP contribution in [0.15, 0.2) is 42.7 Å². The van der Waals surface area contributed by atoms with Crippen LogP contribution >= 0.6 is 0 Å². The van der Waals surface area contributed by atoms with Crippen LogP contribution in [0, 0.1) is 5.82 Å². The predicted octanol–water partition coefficient (Wildman–Crippen LogP) is 3.92. The third-order valence-corrected chi connectivity index (χ3v) is 9.42. The van der Waals surface area contributed by atoms with Crippen molar-refractivity contribution in [2.75, 3.05) is 20.2 Å². The molecule has 6 heterocycles. The number of pyridine rings is 1. The van der Waals surface area contributed by atoms with Crippen molar-refractivity contribution in [3.05, 3.63) is 71.2 Å². The number of amides is 2. The molecule has 0 aliphatic carbocycles. The second kappa shape index (κ2) is 12.5. The fourth-order valence-corrected chi connectivity index (χ4v) is 6.88. The molecule has 2 amide bonds. The number of likely N-dealkylation sites (tertiary alicyclic amines) is 1. The van der Waals surface area contributed by atoms with Crippen molar-refractivity contribution in [3.8, 4) is 11.5 Å². The van der Waals surface area contributed by atoms with E-state index in [1.54, 1.807) is 42.1 Å². The molecule has 13 heteroatoms. The molecular formula is C34H38FN9O3. The molecule has 1 saturated heterocycles. The number of benzene rings is 1. The van der Waals surface area contributed by atoms with Gasteiger partial charge in [-0.3, -0.25) is 14.6 Å². The van der Waals surface area contributed by atoms with Gasteiger partial charge in [0.25, 0.3) is 11.8 Å². The van der Waals surface area contributed by atoms with Crippen LogP contribution in [0.4, 0.5) is 4.39 Å². The van der Waals surface area contributed by atoms with Gasteiger partial charge in [-0.25, -0.2) is 19.3 Å². The minimum Gasteiger partial charge on any atom is -0.380 e. The average molecular weight is 640 g/mol. The molecule has 3 N–H and O–H groups in total. The van der Waals surface area contributed by atoms with E-state index >= 15 is 4.39 Å². The molecule has 2 bridgehead atoms. The Morgan fingerprint density at radius 3 is 2.72 bits per heavy atom. The zero-order valence-corrected chi connectivity index (χ0v) is 26.7. The maximum absolute atomic E-state index is 15.8. The highest BCUT2D eigenvalue weighted by atomic mass is 19.1. The molecule has 0 saturated carbocycles. The summed E-state index contributed by atoms with van der Waals surface area (Å²) in [6.07, 6.45) is 6.88. The molecule has 12 nitrogen and oxygen atoms in total. The van der Waals surface area contributed by atoms with E-state index < -0.39 is 5.82 Å². The summed E-state index contributed by atoms with van der Waals surface area (Å²) in [5.41, 5.74) is 10.5. The van der Waals surface area contributed by atoms with Gasteiger partial charge in [0.15, 0.2) is 5.82 Å². The van der Waals surface area contributed by atoms with Crippen LogP contribution < -0.4 is 11.1 Å². The van der Waals surface area contributed by atoms with Crippen LogP contribution in [0.3, 0.4) is 0 Å². The van der Waals surface area contributed by atoms with E-state index in [9.17, 15) is 9.59 Å². The molecular weight excluding hydrogens is 601 g/mol. The first kappa shape index (κ1) is 30.9. The molecule has 5 aromatic rings. The Hall–Kier alpha value is -4.75. The summed E-state index contributed by atoms with van der Waals surface area (Å²) < 4.78 is 25.1. The zero-order valence-electron chi connectivity index (χ0n) is 26.7. The summed E-state index contributed by atoms with van der Waals surface area (Å²) in [5.74, 6) is -0.513. The number of nitrogens with two attached hydrogens (primary N) is 1. The Balaban J connectivity index is 1.26. The van der Waals surface area contributed by atoms with Crippen molar-refractivity contribution in [3.63, 3.8) is 0 Å². The maximum atomic E-state index is 15.8. The second-order valence-electron chi connectivity index (χ2n) is 12.5. The Labute approximate surface area is 271 Å². The lowest BCUT2D eigenvalue weighted by Crippen LogP contribution is -2.53. The Bertz CT molecular complexity index is 2000. The predicted molar refractivity (Wildman–Crippen MR) is 174 cm³/mol. The van der Waals surface area contributed by atoms with Gasteiger partial charge in [0.1, 0.15) is 22.7 Å². The highest BCUT2D eigenvalue weighted by molar-refractivity contribution is 5.98. The summed E-state index contributed by atoms with van der Waals surface area (Å²) in [4.78, 5) is 46.9. The lowest BCUT2D eigenvalue weighted by Gasteiger charge is -2.35. The van der Waals surface area contributed by atoms with Crippen LogP contribution in [-0.4, -0.2) is 78.1 Å². The SMILES string of the molecule is CO[C@@H]1CCN(C(=O)c2cc(F)c3c(c2)nc(-c2cc4ccc5nc4n2CCCCCc2nccnc2C(=O)N[C@@H]5C)n3C)C[C@@H]1N. The van der Waals surface area contributed by atoms with E-state index in [4.69, 9.17) is 20.4 Å². The van der Waals surface area contributed by atoms with Crippen molar-refractivity contribution in [1.29, 1.82) is 0 Å². The lowest BCUT2D eigenvalue weighted by atomic mass is 10.0. The number of nitrogens with one attached hydrogen (secondary N) is 1. The monoisotopic (exact) mass is 639 g/mol. The van der Waals surface area contributed by atoms with Crippen molar-refractivity contribution >= 4 is 33.9 Å². The van der Waals surface area contributed by atoms with Crippen LogP contribution in [0.25, 0.3) is 33.6 Å². The van der Waals surface area contributed by atoms with Crippen LogP contribution in [0.2, 0.25) is 0 Å². The van der Waals surface area contributed by atoms with Gasteiger partial charge in [0.2, 0.25) is 0 Å². The van der Waals surface area contributed by atoms with Crippen LogP contribution in [0.1, 0.15) is 70.9 Å². The van der Waals surface area contributed by atoms with Crippen molar-refractivity contribution in [2.24, 2.45) is 12.8 Å². The normalized spacial score (nSPS) is 20.7. The molecule has 0 spiro atoms. The number of hydrogen-bond acceptors (Lipinski definition) is 8. The lowest BCUT2D eigenvalue weighted by molar-refractivity contribution is 0.0227. The molecule has 2 aliphatic heterocycles. The average Bonchev–Trinajstić information content (AvgIpc) is 3.60. The van der Waals surface area contributed by atoms with Crippen LogP contribution in [0.5, 0.6) is 0 Å². The fraction of sp³-hybridized carbons (Fsp3) is 0.412. The number of piperidine rings is 1. The van der Waals surface area contributed by atoms with Crippen molar-refractivity contribution in [1.82, 2.24) is 39.3 Å². The molecule has 1 fully saturated rings. The largest absolute Gasteiger partial charge is 0.380 e. The number of aromatic nitrogens is 6. The minimum atomic E-state index is -0.520. The number of halogens is 1. The third-order valence-electron chi connectivity index (χ3n) is 9.42. The number of carbonyl (C=O) groups is 2. The standard InChI is InChI=1S/C34H38FN9O3/c1-19-24-9-8-20-17-27(44(31(20)40-24)13-6-4-5-7-25-29(33(45)39-19)38-12-11-37-25)32-41-26-16-21(15-22(35)30(26)42(32)2)34(46)43-14-10-28(47-3)23(36)18-43/h8-9,11-12,15-17,19,23,28H,4-7,10,13-14,18,36H2,1-3H3,(H,39,45)/t19-,23+,28-/m1/s1. The number of nitrogens with zero attached hydrogens (tertiary/aromatic N) is 7. The van der Waals surface area contributed by atoms with Gasteiger partial charge in [0, 0.05) is 63.2 Å². The molecule has 3 atom stereocenters. The van der Waals surface area contributed by atoms with Crippen molar-refractivity contribution in [2.45, 2.75) is 63.8 Å². The molecule has 47 heavy (non-hydrogen) atoms. The molecule has 0 unspecified atom stereocenters. The number of aryl methyl sites for hydroxylation is 3.